The molecule has 3 heterocycles. The second kappa shape index (κ2) is 3.47. The average molecular weight is 216 g/mol. The average Bonchev–Trinajstić information content (AvgIpc) is 2.82. The van der Waals surface area contributed by atoms with Gasteiger partial charge in [0.05, 0.1) is 5.69 Å². The van der Waals surface area contributed by atoms with Gasteiger partial charge in [0.15, 0.2) is 5.82 Å². The number of hydrogen-bond donors (Lipinski definition) is 0. The van der Waals surface area contributed by atoms with Crippen LogP contribution in [0.25, 0.3) is 5.52 Å². The number of rotatable bonds is 1. The Balaban J connectivity index is 2.15. The monoisotopic (exact) mass is 216 g/mol. The molecule has 2 aromatic rings. The van der Waals surface area contributed by atoms with Crippen LogP contribution in [0.2, 0.25) is 0 Å². The molecular formula is C12H16N4. The third-order valence-corrected chi connectivity index (χ3v) is 3.32. The zero-order valence-electron chi connectivity index (χ0n) is 9.72. The Morgan fingerprint density at radius 1 is 1.44 bits per heavy atom. The van der Waals surface area contributed by atoms with E-state index in [-0.39, 0.29) is 0 Å². The Hall–Kier alpha value is -1.58. The summed E-state index contributed by atoms with van der Waals surface area (Å²) in [5, 5.41) is 4.42. The maximum atomic E-state index is 4.52. The molecule has 1 aliphatic heterocycles. The molecule has 4 nitrogen and oxygen atoms in total. The van der Waals surface area contributed by atoms with Gasteiger partial charge in [-0.1, -0.05) is 0 Å². The Bertz CT molecular complexity index is 517. The van der Waals surface area contributed by atoms with Gasteiger partial charge in [0.25, 0.3) is 0 Å². The molecular weight excluding hydrogens is 200 g/mol. The van der Waals surface area contributed by atoms with Gasteiger partial charge in [0.1, 0.15) is 5.52 Å². The molecule has 0 radical (unpaired) electrons. The van der Waals surface area contributed by atoms with Crippen molar-refractivity contribution in [2.75, 3.05) is 11.4 Å². The summed E-state index contributed by atoms with van der Waals surface area (Å²) >= 11 is 0. The third-order valence-electron chi connectivity index (χ3n) is 3.32. The van der Waals surface area contributed by atoms with Crippen LogP contribution in [0.4, 0.5) is 5.82 Å². The molecule has 3 rings (SSSR count). The highest BCUT2D eigenvalue weighted by Crippen LogP contribution is 2.27. The van der Waals surface area contributed by atoms with Crippen LogP contribution in [0.5, 0.6) is 0 Å². The second-order valence-corrected chi connectivity index (χ2v) is 4.55. The fourth-order valence-corrected chi connectivity index (χ4v) is 2.50. The van der Waals surface area contributed by atoms with Crippen molar-refractivity contribution in [1.82, 2.24) is 14.6 Å². The Morgan fingerprint density at radius 3 is 3.06 bits per heavy atom. The molecule has 0 aliphatic carbocycles. The number of nitrogens with zero attached hydrogens (tertiary/aromatic N) is 4. The van der Waals surface area contributed by atoms with Crippen molar-refractivity contribution >= 4 is 11.3 Å². The SMILES string of the molecule is Cc1cc2c(N3CCCC3C)nccn2n1. The van der Waals surface area contributed by atoms with Crippen LogP contribution < -0.4 is 4.90 Å². The van der Waals surface area contributed by atoms with Gasteiger partial charge in [-0.25, -0.2) is 9.50 Å². The smallest absolute Gasteiger partial charge is 0.154 e. The first-order valence-electron chi connectivity index (χ1n) is 5.83. The number of aromatic nitrogens is 3. The lowest BCUT2D eigenvalue weighted by molar-refractivity contribution is 0.726. The minimum Gasteiger partial charge on any atom is -0.352 e. The molecule has 1 aliphatic rings. The van der Waals surface area contributed by atoms with Crippen LogP contribution in [-0.2, 0) is 0 Å². The van der Waals surface area contributed by atoms with Crippen LogP contribution in [0.1, 0.15) is 25.5 Å². The molecule has 84 valence electrons. The highest BCUT2D eigenvalue weighted by atomic mass is 15.3. The van der Waals surface area contributed by atoms with Crippen molar-refractivity contribution in [2.45, 2.75) is 32.7 Å². The van der Waals surface area contributed by atoms with Crippen LogP contribution in [-0.4, -0.2) is 27.2 Å². The zero-order valence-corrected chi connectivity index (χ0v) is 9.72. The van der Waals surface area contributed by atoms with Crippen molar-refractivity contribution < 1.29 is 0 Å². The molecule has 16 heavy (non-hydrogen) atoms. The van der Waals surface area contributed by atoms with Gasteiger partial charge in [0.2, 0.25) is 0 Å². The third kappa shape index (κ3) is 1.37. The van der Waals surface area contributed by atoms with E-state index in [1.165, 1.54) is 12.8 Å². The predicted molar refractivity (Wildman–Crippen MR) is 63.8 cm³/mol. The van der Waals surface area contributed by atoms with E-state index in [2.05, 4.69) is 28.0 Å². The summed E-state index contributed by atoms with van der Waals surface area (Å²) in [5.41, 5.74) is 2.16. The number of fused-ring (bicyclic) bond motifs is 1. The molecule has 0 aromatic carbocycles. The van der Waals surface area contributed by atoms with Crippen LogP contribution >= 0.6 is 0 Å². The standard InChI is InChI=1S/C12H16N4/c1-9-8-11-12(13-5-7-16(11)14-9)15-6-3-4-10(15)2/h5,7-8,10H,3-4,6H2,1-2H3. The molecule has 0 amide bonds. The molecule has 1 unspecified atom stereocenters. The fourth-order valence-electron chi connectivity index (χ4n) is 2.50. The maximum Gasteiger partial charge on any atom is 0.154 e. The highest BCUT2D eigenvalue weighted by molar-refractivity contribution is 5.69. The summed E-state index contributed by atoms with van der Waals surface area (Å²) in [6.45, 7) is 5.39. The number of aryl methyl sites for hydroxylation is 1. The molecule has 1 saturated heterocycles. The molecule has 0 N–H and O–H groups in total. The first-order valence-corrected chi connectivity index (χ1v) is 5.83. The number of anilines is 1. The summed E-state index contributed by atoms with van der Waals surface area (Å²) in [7, 11) is 0. The fraction of sp³-hybridized carbons (Fsp3) is 0.500. The van der Waals surface area contributed by atoms with Crippen LogP contribution in [0, 0.1) is 6.92 Å². The van der Waals surface area contributed by atoms with Crippen LogP contribution in [0.15, 0.2) is 18.5 Å². The quantitative estimate of drug-likeness (QED) is 0.731. The lowest BCUT2D eigenvalue weighted by Crippen LogP contribution is -2.27. The second-order valence-electron chi connectivity index (χ2n) is 4.55. The molecule has 0 bridgehead atoms. The largest absolute Gasteiger partial charge is 0.352 e. The van der Waals surface area contributed by atoms with E-state index in [0.717, 1.165) is 23.6 Å². The van der Waals surface area contributed by atoms with E-state index in [1.54, 1.807) is 0 Å². The van der Waals surface area contributed by atoms with Crippen molar-refractivity contribution in [3.05, 3.63) is 24.2 Å². The van der Waals surface area contributed by atoms with E-state index in [0.29, 0.717) is 6.04 Å². The molecule has 1 atom stereocenters. The van der Waals surface area contributed by atoms with Gasteiger partial charge < -0.3 is 4.90 Å². The van der Waals surface area contributed by atoms with Gasteiger partial charge in [-0.05, 0) is 32.8 Å². The van der Waals surface area contributed by atoms with E-state index in [4.69, 9.17) is 0 Å². The maximum absolute atomic E-state index is 4.52. The van der Waals surface area contributed by atoms with Crippen LogP contribution in [0.3, 0.4) is 0 Å². The van der Waals surface area contributed by atoms with Gasteiger partial charge in [-0.15, -0.1) is 0 Å². The van der Waals surface area contributed by atoms with Crippen molar-refractivity contribution in [2.24, 2.45) is 0 Å². The Morgan fingerprint density at radius 2 is 2.31 bits per heavy atom. The van der Waals surface area contributed by atoms with E-state index < -0.39 is 0 Å². The summed E-state index contributed by atoms with van der Waals surface area (Å²) < 4.78 is 1.92. The molecule has 0 spiro atoms. The summed E-state index contributed by atoms with van der Waals surface area (Å²) in [6.07, 6.45) is 6.26. The normalized spacial score (nSPS) is 20.9. The Kier molecular flexibility index (Phi) is 2.09. The summed E-state index contributed by atoms with van der Waals surface area (Å²) in [6, 6.07) is 2.70. The van der Waals surface area contributed by atoms with Gasteiger partial charge in [0, 0.05) is 25.0 Å². The Labute approximate surface area is 94.9 Å². The van der Waals surface area contributed by atoms with Gasteiger partial charge >= 0.3 is 0 Å². The van der Waals surface area contributed by atoms with Crippen molar-refractivity contribution in [3.63, 3.8) is 0 Å². The van der Waals surface area contributed by atoms with Crippen molar-refractivity contribution in [1.29, 1.82) is 0 Å². The first kappa shape index (κ1) is 9.63. The molecule has 4 heteroatoms. The topological polar surface area (TPSA) is 33.4 Å². The molecule has 0 saturated carbocycles. The lowest BCUT2D eigenvalue weighted by Gasteiger charge is -2.22. The first-order chi connectivity index (χ1) is 7.75. The van der Waals surface area contributed by atoms with E-state index in [9.17, 15) is 0 Å². The lowest BCUT2D eigenvalue weighted by atomic mass is 10.2. The number of hydrogen-bond acceptors (Lipinski definition) is 3. The predicted octanol–water partition coefficient (Wildman–Crippen LogP) is 2.03. The molecule has 1 fully saturated rings. The highest BCUT2D eigenvalue weighted by Gasteiger charge is 2.23. The minimum absolute atomic E-state index is 0.592. The zero-order chi connectivity index (χ0) is 11.1. The molecule has 2 aromatic heterocycles. The van der Waals surface area contributed by atoms with E-state index >= 15 is 0 Å². The van der Waals surface area contributed by atoms with Crippen molar-refractivity contribution in [3.8, 4) is 0 Å². The van der Waals surface area contributed by atoms with Gasteiger partial charge in [-0.2, -0.15) is 5.10 Å². The minimum atomic E-state index is 0.592. The summed E-state index contributed by atoms with van der Waals surface area (Å²) in [5.74, 6) is 1.08. The van der Waals surface area contributed by atoms with E-state index in [1.807, 2.05) is 23.8 Å². The van der Waals surface area contributed by atoms with Gasteiger partial charge in [-0.3, -0.25) is 0 Å². The summed E-state index contributed by atoms with van der Waals surface area (Å²) in [4.78, 5) is 6.90.